The summed E-state index contributed by atoms with van der Waals surface area (Å²) in [5.74, 6) is -0.789. The summed E-state index contributed by atoms with van der Waals surface area (Å²) < 4.78 is 13.3. The molecule has 0 radical (unpaired) electrons. The van der Waals surface area contributed by atoms with Gasteiger partial charge in [-0.15, -0.1) is 0 Å². The molecule has 0 spiro atoms. The Morgan fingerprint density at radius 1 is 0.822 bits per heavy atom. The minimum atomic E-state index is -0.786. The highest BCUT2D eigenvalue weighted by atomic mass is 16.7. The quantitative estimate of drug-likeness (QED) is 0.232. The maximum atomic E-state index is 13.2. The third kappa shape index (κ3) is 6.08. The van der Waals surface area contributed by atoms with Crippen LogP contribution in [0.1, 0.15) is 75.3 Å². The standard InChI is InChI=1S/C37H38N2O6/c1-23-32(21-38(3)24(2)33(41)26-10-5-4-6-11-26)44-37(45-34(23)27-18-16-25(22-40)17-19-27)28-12-9-13-29(20-28)39-35(42)30-14-7-8-15-31(30)36(39)43/h4-20,23-24,32-34,37,40-41H,21-22H2,1-3H3/t23-,24+,32+,33+,34+,37+/m1/s1. The van der Waals surface area contributed by atoms with Gasteiger partial charge in [0.25, 0.3) is 11.8 Å². The second-order valence-electron chi connectivity index (χ2n) is 11.9. The highest BCUT2D eigenvalue weighted by Crippen LogP contribution is 2.43. The number of nitrogens with zero attached hydrogens (tertiary/aromatic N) is 2. The molecule has 4 aromatic rings. The zero-order valence-electron chi connectivity index (χ0n) is 25.6. The molecule has 2 amide bonds. The van der Waals surface area contributed by atoms with Crippen molar-refractivity contribution in [3.05, 3.63) is 137 Å². The van der Waals surface area contributed by atoms with Crippen LogP contribution in [0.3, 0.4) is 0 Å². The van der Waals surface area contributed by atoms with Crippen LogP contribution in [0.25, 0.3) is 0 Å². The van der Waals surface area contributed by atoms with Gasteiger partial charge in [-0.3, -0.25) is 14.5 Å². The molecule has 8 nitrogen and oxygen atoms in total. The van der Waals surface area contributed by atoms with Crippen LogP contribution < -0.4 is 4.90 Å². The molecule has 2 heterocycles. The van der Waals surface area contributed by atoms with E-state index in [0.717, 1.165) is 16.7 Å². The van der Waals surface area contributed by atoms with Gasteiger partial charge < -0.3 is 19.7 Å². The lowest BCUT2D eigenvalue weighted by molar-refractivity contribution is -0.276. The molecule has 2 aliphatic rings. The number of anilines is 1. The van der Waals surface area contributed by atoms with Gasteiger partial charge in [0.2, 0.25) is 0 Å². The fourth-order valence-corrected chi connectivity index (χ4v) is 6.18. The number of amides is 2. The fourth-order valence-electron chi connectivity index (χ4n) is 6.18. The Kier molecular flexibility index (Phi) is 8.94. The highest BCUT2D eigenvalue weighted by molar-refractivity contribution is 6.34. The van der Waals surface area contributed by atoms with Crippen LogP contribution in [0.5, 0.6) is 0 Å². The number of ether oxygens (including phenoxy) is 2. The first kappa shape index (κ1) is 30.8. The Labute approximate surface area is 263 Å². The molecular formula is C37H38N2O6. The number of hydrogen-bond donors (Lipinski definition) is 2. The van der Waals surface area contributed by atoms with Crippen LogP contribution in [0.4, 0.5) is 5.69 Å². The van der Waals surface area contributed by atoms with E-state index in [-0.39, 0.29) is 42.6 Å². The van der Waals surface area contributed by atoms with Crippen LogP contribution in [0.15, 0.2) is 103 Å². The van der Waals surface area contributed by atoms with E-state index in [4.69, 9.17) is 9.47 Å². The number of benzene rings is 4. The number of hydrogen-bond acceptors (Lipinski definition) is 7. The van der Waals surface area contributed by atoms with E-state index in [1.165, 1.54) is 4.90 Å². The van der Waals surface area contributed by atoms with Crippen molar-refractivity contribution in [1.29, 1.82) is 0 Å². The largest absolute Gasteiger partial charge is 0.392 e. The molecule has 0 unspecified atom stereocenters. The van der Waals surface area contributed by atoms with Gasteiger partial charge in [-0.2, -0.15) is 0 Å². The first-order valence-electron chi connectivity index (χ1n) is 15.3. The lowest BCUT2D eigenvalue weighted by Crippen LogP contribution is -2.46. The molecule has 0 aromatic heterocycles. The number of fused-ring (bicyclic) bond motifs is 1. The Hall–Kier alpha value is -4.18. The second-order valence-corrected chi connectivity index (χ2v) is 11.9. The fraction of sp³-hybridized carbons (Fsp3) is 0.297. The summed E-state index contributed by atoms with van der Waals surface area (Å²) in [5.41, 5.74) is 4.50. The molecule has 0 saturated carbocycles. The third-order valence-corrected chi connectivity index (χ3v) is 9.08. The molecule has 6 atom stereocenters. The zero-order valence-corrected chi connectivity index (χ0v) is 25.6. The topological polar surface area (TPSA) is 99.5 Å². The monoisotopic (exact) mass is 606 g/mol. The predicted molar refractivity (Wildman–Crippen MR) is 170 cm³/mol. The summed E-state index contributed by atoms with van der Waals surface area (Å²) in [6.07, 6.45) is -2.09. The van der Waals surface area contributed by atoms with Crippen molar-refractivity contribution in [2.45, 2.75) is 51.1 Å². The lowest BCUT2D eigenvalue weighted by atomic mass is 9.89. The minimum Gasteiger partial charge on any atom is -0.392 e. The smallest absolute Gasteiger partial charge is 0.266 e. The average Bonchev–Trinajstić information content (AvgIpc) is 3.34. The van der Waals surface area contributed by atoms with Crippen molar-refractivity contribution < 1.29 is 29.3 Å². The van der Waals surface area contributed by atoms with Crippen molar-refractivity contribution in [2.75, 3.05) is 18.5 Å². The van der Waals surface area contributed by atoms with Crippen LogP contribution in [-0.4, -0.2) is 52.7 Å². The van der Waals surface area contributed by atoms with Gasteiger partial charge in [-0.05, 0) is 54.9 Å². The van der Waals surface area contributed by atoms with Gasteiger partial charge >= 0.3 is 0 Å². The van der Waals surface area contributed by atoms with Crippen molar-refractivity contribution >= 4 is 17.5 Å². The van der Waals surface area contributed by atoms with E-state index in [9.17, 15) is 19.8 Å². The molecule has 1 fully saturated rings. The normalized spacial score (nSPS) is 22.8. The molecule has 45 heavy (non-hydrogen) atoms. The van der Waals surface area contributed by atoms with E-state index in [1.54, 1.807) is 42.5 Å². The Morgan fingerprint density at radius 2 is 1.47 bits per heavy atom. The SMILES string of the molecule is C[C@@H]1[C@H](CN(C)[C@@H](C)[C@H](O)c2ccccc2)O[C@H](c2cccc(N3C(=O)c4ccccc4C3=O)c2)O[C@@H]1c1ccc(CO)cc1. The number of imide groups is 1. The number of rotatable bonds is 9. The summed E-state index contributed by atoms with van der Waals surface area (Å²) in [6.45, 7) is 4.56. The minimum absolute atomic E-state index is 0.0489. The van der Waals surface area contributed by atoms with E-state index >= 15 is 0 Å². The highest BCUT2D eigenvalue weighted by Gasteiger charge is 2.41. The third-order valence-electron chi connectivity index (χ3n) is 9.08. The molecule has 6 rings (SSSR count). The molecule has 0 bridgehead atoms. The molecule has 0 aliphatic carbocycles. The van der Waals surface area contributed by atoms with Crippen molar-refractivity contribution in [1.82, 2.24) is 4.90 Å². The van der Waals surface area contributed by atoms with Crippen molar-refractivity contribution in [2.24, 2.45) is 5.92 Å². The molecular weight excluding hydrogens is 568 g/mol. The molecule has 8 heteroatoms. The van der Waals surface area contributed by atoms with E-state index in [0.29, 0.717) is 28.9 Å². The maximum Gasteiger partial charge on any atom is 0.266 e. The Bertz CT molecular complexity index is 1620. The van der Waals surface area contributed by atoms with Gasteiger partial charge in [-0.25, -0.2) is 4.90 Å². The van der Waals surface area contributed by atoms with Gasteiger partial charge in [0, 0.05) is 24.1 Å². The Morgan fingerprint density at radius 3 is 2.11 bits per heavy atom. The first-order valence-corrected chi connectivity index (χ1v) is 15.3. The number of aliphatic hydroxyl groups is 2. The number of aliphatic hydroxyl groups excluding tert-OH is 2. The number of carbonyl (C=O) groups excluding carboxylic acids is 2. The van der Waals surface area contributed by atoms with Crippen LogP contribution in [0, 0.1) is 5.92 Å². The number of carbonyl (C=O) groups is 2. The molecule has 1 saturated heterocycles. The molecule has 2 aliphatic heterocycles. The van der Waals surface area contributed by atoms with Gasteiger partial charge in [0.1, 0.15) is 0 Å². The molecule has 232 valence electrons. The molecule has 2 N–H and O–H groups in total. The number of likely N-dealkylation sites (N-methyl/N-ethyl adjacent to an activating group) is 1. The summed E-state index contributed by atoms with van der Waals surface area (Å²) in [7, 11) is 1.98. The lowest BCUT2D eigenvalue weighted by Gasteiger charge is -2.43. The second kappa shape index (κ2) is 13.0. The van der Waals surface area contributed by atoms with E-state index in [1.807, 2.05) is 74.6 Å². The van der Waals surface area contributed by atoms with Crippen LogP contribution in [-0.2, 0) is 16.1 Å². The predicted octanol–water partition coefficient (Wildman–Crippen LogP) is 5.82. The van der Waals surface area contributed by atoms with Crippen molar-refractivity contribution in [3.8, 4) is 0 Å². The van der Waals surface area contributed by atoms with Gasteiger partial charge in [0.15, 0.2) is 6.29 Å². The summed E-state index contributed by atoms with van der Waals surface area (Å²) >= 11 is 0. The van der Waals surface area contributed by atoms with Crippen LogP contribution >= 0.6 is 0 Å². The van der Waals surface area contributed by atoms with Crippen LogP contribution in [0.2, 0.25) is 0 Å². The summed E-state index contributed by atoms with van der Waals surface area (Å²) in [6, 6.07) is 31.1. The maximum absolute atomic E-state index is 13.2. The van der Waals surface area contributed by atoms with Gasteiger partial charge in [0.05, 0.1) is 41.7 Å². The van der Waals surface area contributed by atoms with E-state index < -0.39 is 12.4 Å². The Balaban J connectivity index is 1.28. The molecule has 4 aromatic carbocycles. The summed E-state index contributed by atoms with van der Waals surface area (Å²) in [5, 5.41) is 20.7. The van der Waals surface area contributed by atoms with Crippen molar-refractivity contribution in [3.63, 3.8) is 0 Å². The zero-order chi connectivity index (χ0) is 31.7. The van der Waals surface area contributed by atoms with Gasteiger partial charge in [-0.1, -0.05) is 85.8 Å². The first-order chi connectivity index (χ1) is 21.8. The average molecular weight is 607 g/mol. The van der Waals surface area contributed by atoms with E-state index in [2.05, 4.69) is 11.8 Å². The summed E-state index contributed by atoms with van der Waals surface area (Å²) in [4.78, 5) is 29.7.